The smallest absolute Gasteiger partial charge is 0.185 e. The van der Waals surface area contributed by atoms with E-state index in [1.54, 1.807) is 41.2 Å². The number of ketones is 1. The number of ether oxygens (including phenoxy) is 1. The van der Waals surface area contributed by atoms with Crippen LogP contribution in [-0.2, 0) is 0 Å². The van der Waals surface area contributed by atoms with Gasteiger partial charge in [-0.15, -0.1) is 0 Å². The highest BCUT2D eigenvalue weighted by Crippen LogP contribution is 2.14. The molecule has 0 aliphatic carbocycles. The molecule has 122 valence electrons. The first-order valence-electron chi connectivity index (χ1n) is 7.68. The summed E-state index contributed by atoms with van der Waals surface area (Å²) in [6, 6.07) is 18.3. The van der Waals surface area contributed by atoms with Crippen LogP contribution in [0, 0.1) is 11.3 Å². The Bertz CT molecular complexity index is 920. The molecule has 3 rings (SSSR count). The molecule has 3 aromatic rings. The molecule has 25 heavy (non-hydrogen) atoms. The SMILES string of the molecule is N#CCOc1ccc(C(=O)/C=C/c2cnn(-c3ccccc3)c2)cc1. The summed E-state index contributed by atoms with van der Waals surface area (Å²) in [5.74, 6) is 0.450. The van der Waals surface area contributed by atoms with Crippen LogP contribution in [0.2, 0.25) is 0 Å². The van der Waals surface area contributed by atoms with E-state index < -0.39 is 0 Å². The first kappa shape index (κ1) is 16.2. The fourth-order valence-electron chi connectivity index (χ4n) is 2.24. The molecule has 0 aliphatic rings. The summed E-state index contributed by atoms with van der Waals surface area (Å²) in [5.41, 5.74) is 2.35. The third kappa shape index (κ3) is 4.21. The molecule has 0 N–H and O–H groups in total. The van der Waals surface area contributed by atoms with Crippen molar-refractivity contribution in [3.8, 4) is 17.5 Å². The Kier molecular flexibility index (Phi) is 5.03. The maximum Gasteiger partial charge on any atom is 0.185 e. The van der Waals surface area contributed by atoms with Crippen LogP contribution < -0.4 is 4.74 Å². The Morgan fingerprint density at radius 1 is 1.16 bits per heavy atom. The minimum Gasteiger partial charge on any atom is -0.479 e. The van der Waals surface area contributed by atoms with Gasteiger partial charge in [0.05, 0.1) is 11.9 Å². The van der Waals surface area contributed by atoms with Gasteiger partial charge in [0.15, 0.2) is 12.4 Å². The lowest BCUT2D eigenvalue weighted by atomic mass is 10.1. The van der Waals surface area contributed by atoms with Gasteiger partial charge in [0, 0.05) is 17.3 Å². The summed E-state index contributed by atoms with van der Waals surface area (Å²) in [6.45, 7) is -0.0153. The van der Waals surface area contributed by atoms with Gasteiger partial charge in [-0.2, -0.15) is 10.4 Å². The maximum atomic E-state index is 12.2. The van der Waals surface area contributed by atoms with Crippen molar-refractivity contribution in [2.75, 3.05) is 6.61 Å². The second kappa shape index (κ2) is 7.75. The number of aromatic nitrogens is 2. The predicted octanol–water partition coefficient (Wildman–Crippen LogP) is 3.67. The molecule has 5 nitrogen and oxygen atoms in total. The zero-order chi connectivity index (χ0) is 17.5. The van der Waals surface area contributed by atoms with Crippen molar-refractivity contribution in [3.63, 3.8) is 0 Å². The summed E-state index contributed by atoms with van der Waals surface area (Å²) < 4.78 is 6.92. The summed E-state index contributed by atoms with van der Waals surface area (Å²) in [5, 5.41) is 12.8. The largest absolute Gasteiger partial charge is 0.479 e. The van der Waals surface area contributed by atoms with Gasteiger partial charge in [-0.25, -0.2) is 4.68 Å². The van der Waals surface area contributed by atoms with Gasteiger partial charge in [0.2, 0.25) is 0 Å². The summed E-state index contributed by atoms with van der Waals surface area (Å²) in [6.07, 6.45) is 6.81. The van der Waals surface area contributed by atoms with Gasteiger partial charge in [0.25, 0.3) is 0 Å². The van der Waals surface area contributed by atoms with E-state index in [9.17, 15) is 4.79 Å². The van der Waals surface area contributed by atoms with Crippen molar-refractivity contribution in [2.45, 2.75) is 0 Å². The van der Waals surface area contributed by atoms with Gasteiger partial charge in [-0.1, -0.05) is 18.2 Å². The molecule has 0 aliphatic heterocycles. The fourth-order valence-corrected chi connectivity index (χ4v) is 2.24. The molecular formula is C20H15N3O2. The molecule has 0 unspecified atom stereocenters. The molecule has 5 heteroatoms. The van der Waals surface area contributed by atoms with Gasteiger partial charge in [-0.3, -0.25) is 4.79 Å². The number of rotatable bonds is 6. The van der Waals surface area contributed by atoms with Gasteiger partial charge >= 0.3 is 0 Å². The number of carbonyl (C=O) groups excluding carboxylic acids is 1. The van der Waals surface area contributed by atoms with Crippen molar-refractivity contribution in [1.82, 2.24) is 9.78 Å². The van der Waals surface area contributed by atoms with Crippen molar-refractivity contribution in [1.29, 1.82) is 5.26 Å². The number of nitriles is 1. The van der Waals surface area contributed by atoms with Crippen LogP contribution in [0.15, 0.2) is 73.1 Å². The first-order valence-corrected chi connectivity index (χ1v) is 7.68. The number of benzene rings is 2. The van der Waals surface area contributed by atoms with Crippen molar-refractivity contribution < 1.29 is 9.53 Å². The first-order chi connectivity index (χ1) is 12.3. The average molecular weight is 329 g/mol. The second-order valence-electron chi connectivity index (χ2n) is 5.22. The standard InChI is InChI=1S/C20H15N3O2/c21-12-13-25-19-9-7-17(8-10-19)20(24)11-6-16-14-22-23(15-16)18-4-2-1-3-5-18/h1-11,14-15H,13H2/b11-6+. The lowest BCUT2D eigenvalue weighted by Crippen LogP contribution is -1.96. The number of carbonyl (C=O) groups is 1. The number of allylic oxidation sites excluding steroid dienone is 1. The molecule has 0 saturated carbocycles. The van der Waals surface area contributed by atoms with Crippen LogP contribution in [0.3, 0.4) is 0 Å². The summed E-state index contributed by atoms with van der Waals surface area (Å²) in [4.78, 5) is 12.2. The Labute approximate surface area is 145 Å². The number of hydrogen-bond acceptors (Lipinski definition) is 4. The van der Waals surface area contributed by atoms with Crippen LogP contribution in [0.25, 0.3) is 11.8 Å². The normalized spacial score (nSPS) is 10.5. The Morgan fingerprint density at radius 3 is 2.64 bits per heavy atom. The van der Waals surface area contributed by atoms with Crippen LogP contribution in [0.1, 0.15) is 15.9 Å². The minimum atomic E-state index is -0.112. The van der Waals surface area contributed by atoms with Gasteiger partial charge < -0.3 is 4.74 Å². The van der Waals surface area contributed by atoms with E-state index >= 15 is 0 Å². The highest BCUT2D eigenvalue weighted by atomic mass is 16.5. The molecule has 1 aromatic heterocycles. The molecule has 0 radical (unpaired) electrons. The molecule has 0 bridgehead atoms. The summed E-state index contributed by atoms with van der Waals surface area (Å²) in [7, 11) is 0. The highest BCUT2D eigenvalue weighted by Gasteiger charge is 2.03. The van der Waals surface area contributed by atoms with Crippen LogP contribution in [0.5, 0.6) is 5.75 Å². The summed E-state index contributed by atoms with van der Waals surface area (Å²) >= 11 is 0. The molecular weight excluding hydrogens is 314 g/mol. The third-order valence-electron chi connectivity index (χ3n) is 3.49. The fraction of sp³-hybridized carbons (Fsp3) is 0.0500. The Balaban J connectivity index is 1.67. The Morgan fingerprint density at radius 2 is 1.92 bits per heavy atom. The highest BCUT2D eigenvalue weighted by molar-refractivity contribution is 6.06. The van der Waals surface area contributed by atoms with Crippen molar-refractivity contribution in [2.24, 2.45) is 0 Å². The quantitative estimate of drug-likeness (QED) is 0.511. The average Bonchev–Trinajstić information content (AvgIpc) is 3.14. The molecule has 1 heterocycles. The number of hydrogen-bond donors (Lipinski definition) is 0. The Hall–Kier alpha value is -3.65. The molecule has 2 aromatic carbocycles. The topological polar surface area (TPSA) is 67.9 Å². The minimum absolute atomic E-state index is 0.0153. The van der Waals surface area contributed by atoms with E-state index in [1.165, 1.54) is 6.08 Å². The number of para-hydroxylation sites is 1. The van der Waals surface area contributed by atoms with Crippen LogP contribution in [-0.4, -0.2) is 22.2 Å². The van der Waals surface area contributed by atoms with E-state index in [4.69, 9.17) is 10.00 Å². The molecule has 0 saturated heterocycles. The van der Waals surface area contributed by atoms with E-state index in [2.05, 4.69) is 5.10 Å². The zero-order valence-electron chi connectivity index (χ0n) is 13.4. The van der Waals surface area contributed by atoms with Gasteiger partial charge in [-0.05, 0) is 48.6 Å². The predicted molar refractivity (Wildman–Crippen MR) is 94.5 cm³/mol. The van der Waals surface area contributed by atoms with E-state index in [0.29, 0.717) is 11.3 Å². The molecule has 0 amide bonds. The monoisotopic (exact) mass is 329 g/mol. The van der Waals surface area contributed by atoms with Crippen LogP contribution >= 0.6 is 0 Å². The lowest BCUT2D eigenvalue weighted by molar-refractivity contribution is 0.104. The molecule has 0 spiro atoms. The van der Waals surface area contributed by atoms with Crippen LogP contribution in [0.4, 0.5) is 0 Å². The molecule has 0 atom stereocenters. The van der Waals surface area contributed by atoms with E-state index in [1.807, 2.05) is 42.6 Å². The molecule has 0 fully saturated rings. The van der Waals surface area contributed by atoms with E-state index in [-0.39, 0.29) is 12.4 Å². The number of nitrogens with zero attached hydrogens (tertiary/aromatic N) is 3. The second-order valence-corrected chi connectivity index (χ2v) is 5.22. The maximum absolute atomic E-state index is 12.2. The van der Waals surface area contributed by atoms with Gasteiger partial charge in [0.1, 0.15) is 11.8 Å². The third-order valence-corrected chi connectivity index (χ3v) is 3.49. The lowest BCUT2D eigenvalue weighted by Gasteiger charge is -2.01. The van der Waals surface area contributed by atoms with Crippen molar-refractivity contribution in [3.05, 3.63) is 84.2 Å². The zero-order valence-corrected chi connectivity index (χ0v) is 13.4. The van der Waals surface area contributed by atoms with Crippen molar-refractivity contribution >= 4 is 11.9 Å². The van der Waals surface area contributed by atoms with E-state index in [0.717, 1.165) is 11.3 Å².